The van der Waals surface area contributed by atoms with Gasteiger partial charge in [0.05, 0.1) is 25.4 Å². The Balaban J connectivity index is 1.37. The molecule has 3 heterocycles. The Labute approximate surface area is 299 Å². The molecule has 5 atom stereocenters. The van der Waals surface area contributed by atoms with Crippen LogP contribution in [0.2, 0.25) is 0 Å². The van der Waals surface area contributed by atoms with Gasteiger partial charge in [-0.25, -0.2) is 0 Å². The minimum atomic E-state index is -0.540. The van der Waals surface area contributed by atoms with Gasteiger partial charge in [0, 0.05) is 50.5 Å². The van der Waals surface area contributed by atoms with Crippen LogP contribution in [0.4, 0.5) is 0 Å². The molecule has 0 saturated heterocycles. The number of aromatic nitrogens is 1. The largest absolute Gasteiger partial charge is 0.508 e. The Hall–Kier alpha value is -5.36. The van der Waals surface area contributed by atoms with E-state index < -0.39 is 18.0 Å². The van der Waals surface area contributed by atoms with Crippen molar-refractivity contribution in [2.24, 2.45) is 5.92 Å². The van der Waals surface area contributed by atoms with Crippen LogP contribution in [0.3, 0.4) is 0 Å². The Morgan fingerprint density at radius 1 is 0.980 bits per heavy atom. The highest BCUT2D eigenvalue weighted by atomic mass is 16.5. The summed E-state index contributed by atoms with van der Waals surface area (Å²) in [5, 5.41) is 27.5. The Morgan fingerprint density at radius 2 is 1.86 bits per heavy atom. The molecule has 266 valence electrons. The summed E-state index contributed by atoms with van der Waals surface area (Å²) < 4.78 is 11.1. The monoisotopic (exact) mass is 689 g/mol. The van der Waals surface area contributed by atoms with Crippen LogP contribution >= 0.6 is 0 Å². The van der Waals surface area contributed by atoms with E-state index >= 15 is 0 Å². The summed E-state index contributed by atoms with van der Waals surface area (Å²) >= 11 is 0. The number of carbonyl (C=O) groups excluding carboxylic acids is 2. The van der Waals surface area contributed by atoms with Crippen molar-refractivity contribution in [2.75, 3.05) is 20.2 Å². The summed E-state index contributed by atoms with van der Waals surface area (Å²) in [5.41, 5.74) is 5.39. The van der Waals surface area contributed by atoms with Crippen molar-refractivity contribution >= 4 is 11.8 Å². The minimum Gasteiger partial charge on any atom is -0.508 e. The number of fused-ring (bicyclic) bond motifs is 4. The van der Waals surface area contributed by atoms with Gasteiger partial charge in [0.1, 0.15) is 17.6 Å². The second-order valence-corrected chi connectivity index (χ2v) is 13.6. The summed E-state index contributed by atoms with van der Waals surface area (Å²) in [6.07, 6.45) is 16.9. The van der Waals surface area contributed by atoms with Gasteiger partial charge < -0.3 is 35.3 Å². The number of hydrogen-bond acceptors (Lipinski definition) is 8. The molecule has 0 amide bonds. The maximum atomic E-state index is 13.7. The molecule has 1 aliphatic carbocycles. The minimum absolute atomic E-state index is 0.00911. The van der Waals surface area contributed by atoms with Crippen LogP contribution in [-0.4, -0.2) is 53.3 Å². The molecule has 3 aliphatic rings. The quantitative estimate of drug-likeness (QED) is 0.117. The first kappa shape index (κ1) is 35.5. The molecule has 51 heavy (non-hydrogen) atoms. The number of ketones is 1. The summed E-state index contributed by atoms with van der Waals surface area (Å²) in [6.45, 7) is 2.36. The zero-order valence-electron chi connectivity index (χ0n) is 29.3. The zero-order valence-corrected chi connectivity index (χ0v) is 29.3. The van der Waals surface area contributed by atoms with E-state index in [4.69, 9.17) is 9.47 Å². The van der Waals surface area contributed by atoms with Gasteiger partial charge in [-0.3, -0.25) is 9.59 Å². The maximum absolute atomic E-state index is 13.7. The lowest BCUT2D eigenvalue weighted by molar-refractivity contribution is -0.148. The third-order valence-electron chi connectivity index (χ3n) is 10.2. The van der Waals surface area contributed by atoms with Crippen molar-refractivity contribution < 1.29 is 29.3 Å². The van der Waals surface area contributed by atoms with Crippen molar-refractivity contribution in [3.63, 3.8) is 0 Å². The van der Waals surface area contributed by atoms with E-state index in [0.29, 0.717) is 31.2 Å². The van der Waals surface area contributed by atoms with Gasteiger partial charge in [-0.05, 0) is 96.2 Å². The van der Waals surface area contributed by atoms with Crippen LogP contribution in [0.1, 0.15) is 85.5 Å². The van der Waals surface area contributed by atoms with Gasteiger partial charge in [0.2, 0.25) is 0 Å². The number of dihydropyridines is 1. The normalized spacial score (nSPS) is 24.1. The van der Waals surface area contributed by atoms with Gasteiger partial charge in [-0.15, -0.1) is 0 Å². The first-order chi connectivity index (χ1) is 24.8. The first-order valence-corrected chi connectivity index (χ1v) is 17.8. The predicted molar refractivity (Wildman–Crippen MR) is 196 cm³/mol. The van der Waals surface area contributed by atoms with Crippen LogP contribution in [0.5, 0.6) is 17.2 Å². The smallest absolute Gasteiger partial charge is 0.302 e. The molecule has 5 N–H and O–H groups in total. The highest BCUT2D eigenvalue weighted by Crippen LogP contribution is 2.41. The van der Waals surface area contributed by atoms with Crippen molar-refractivity contribution in [1.82, 2.24) is 15.6 Å². The second kappa shape index (κ2) is 16.6. The number of benzene rings is 2. The molecule has 2 aliphatic heterocycles. The van der Waals surface area contributed by atoms with E-state index in [1.54, 1.807) is 24.3 Å². The number of phenols is 2. The predicted octanol–water partition coefficient (Wildman–Crippen LogP) is 6.63. The van der Waals surface area contributed by atoms with Crippen LogP contribution in [0.15, 0.2) is 90.6 Å². The summed E-state index contributed by atoms with van der Waals surface area (Å²) in [5.74, 6) is 7.45. The third kappa shape index (κ3) is 9.06. The highest BCUT2D eigenvalue weighted by Gasteiger charge is 2.30. The molecule has 6 rings (SSSR count). The molecule has 0 fully saturated rings. The van der Waals surface area contributed by atoms with Crippen LogP contribution < -0.4 is 15.4 Å². The average molecular weight is 690 g/mol. The van der Waals surface area contributed by atoms with Gasteiger partial charge in [0.25, 0.3) is 0 Å². The standard InChI is InChI=1S/C42H47N3O6/c1-27(46)51-36-14-12-28-7-3-4-11-37(28)39-26-43-25-33(39)21-38(31-8-5-10-34(47)20-31)32-16-18-45-42(23-32)44-17-6-9-29(19-35(48)24-36)30-13-15-40(49)41(22-30)50-2/h4-5,8,10-11,13,15-16,20,22-23,25-26,28-29,36-38,43-45,47,49H,3,7,12,14,17-19,21,24H2,1-2H3/t28-,29-,36+,37-,38-/m0/s1. The fourth-order valence-corrected chi connectivity index (χ4v) is 7.65. The molecule has 0 saturated carbocycles. The number of nitrogens with one attached hydrogen (secondary N) is 3. The molecular formula is C42H47N3O6. The number of carbonyl (C=O) groups is 2. The molecule has 0 unspecified atom stereocenters. The first-order valence-electron chi connectivity index (χ1n) is 17.8. The third-order valence-corrected chi connectivity index (χ3v) is 10.2. The van der Waals surface area contributed by atoms with Crippen LogP contribution in [-0.2, 0) is 20.7 Å². The lowest BCUT2D eigenvalue weighted by Crippen LogP contribution is -2.30. The van der Waals surface area contributed by atoms with E-state index in [-0.39, 0.29) is 42.0 Å². The highest BCUT2D eigenvalue weighted by molar-refractivity contribution is 5.81. The topological polar surface area (TPSA) is 133 Å². The van der Waals surface area contributed by atoms with Crippen molar-refractivity contribution in [1.29, 1.82) is 0 Å². The number of phenolic OH excluding ortho intramolecular Hbond substituents is 2. The van der Waals surface area contributed by atoms with Gasteiger partial charge in [-0.1, -0.05) is 48.3 Å². The van der Waals surface area contributed by atoms with Gasteiger partial charge >= 0.3 is 5.97 Å². The van der Waals surface area contributed by atoms with E-state index in [0.717, 1.165) is 48.2 Å². The zero-order chi connectivity index (χ0) is 35.7. The number of aromatic hydroxyl groups is 2. The van der Waals surface area contributed by atoms with E-state index in [1.165, 1.54) is 25.2 Å². The maximum Gasteiger partial charge on any atom is 0.302 e. The molecular weight excluding hydrogens is 642 g/mol. The Bertz CT molecular complexity index is 1880. The van der Waals surface area contributed by atoms with E-state index in [2.05, 4.69) is 70.2 Å². The molecule has 0 spiro atoms. The SMILES string of the molecule is COc1cc([C@H]2C#CCNC3=CC(=CCN3)[C@H](c3cccc(O)c3)Cc3c[nH]cc3[C@H]3C=CCC[C@H]3CC[C@@H](OC(C)=O)CC(=O)C2)ccc1O. The lowest BCUT2D eigenvalue weighted by Gasteiger charge is -2.30. The fourth-order valence-electron chi connectivity index (χ4n) is 7.65. The Kier molecular flexibility index (Phi) is 11.5. The summed E-state index contributed by atoms with van der Waals surface area (Å²) in [6, 6.07) is 12.5. The van der Waals surface area contributed by atoms with Crippen LogP contribution in [0, 0.1) is 17.8 Å². The lowest BCUT2D eigenvalue weighted by atomic mass is 9.75. The number of aromatic amines is 1. The second-order valence-electron chi connectivity index (χ2n) is 13.6. The molecule has 1 aromatic heterocycles. The average Bonchev–Trinajstić information content (AvgIpc) is 3.59. The number of allylic oxidation sites excluding steroid dienone is 4. The number of Topliss-reactive ketones (excluding diaryl/α,β-unsaturated/α-hetero) is 1. The number of rotatable bonds is 4. The number of ether oxygens (including phenoxy) is 2. The fraction of sp³-hybridized carbons (Fsp3) is 0.381. The van der Waals surface area contributed by atoms with E-state index in [1.807, 2.05) is 12.1 Å². The van der Waals surface area contributed by atoms with Crippen molar-refractivity contribution in [2.45, 2.75) is 75.7 Å². The number of esters is 1. The summed E-state index contributed by atoms with van der Waals surface area (Å²) in [7, 11) is 1.49. The van der Waals surface area contributed by atoms with Gasteiger partial charge in [-0.2, -0.15) is 0 Å². The number of methoxy groups -OCH3 is 1. The number of H-pyrrole nitrogens is 1. The molecule has 9 heteroatoms. The summed E-state index contributed by atoms with van der Waals surface area (Å²) in [4.78, 5) is 29.3. The Morgan fingerprint density at radius 3 is 2.69 bits per heavy atom. The van der Waals surface area contributed by atoms with Crippen molar-refractivity contribution in [3.05, 3.63) is 113 Å². The molecule has 2 aromatic carbocycles. The molecule has 0 radical (unpaired) electrons. The van der Waals surface area contributed by atoms with Crippen molar-refractivity contribution in [3.8, 4) is 29.1 Å². The molecule has 2 bridgehead atoms. The van der Waals surface area contributed by atoms with Crippen LogP contribution in [0.25, 0.3) is 0 Å². The van der Waals surface area contributed by atoms with E-state index in [9.17, 15) is 19.8 Å². The number of hydrogen-bond donors (Lipinski definition) is 5. The van der Waals surface area contributed by atoms with Gasteiger partial charge in [0.15, 0.2) is 11.5 Å². The molecule has 9 nitrogen and oxygen atoms in total. The molecule has 3 aromatic rings.